The van der Waals surface area contributed by atoms with Crippen molar-refractivity contribution in [1.82, 2.24) is 19.9 Å². The van der Waals surface area contributed by atoms with Crippen LogP contribution in [0.4, 0.5) is 20.3 Å². The fraction of sp³-hybridized carbons (Fsp3) is 0.278. The summed E-state index contributed by atoms with van der Waals surface area (Å²) in [6, 6.07) is 4.30. The molecule has 0 aliphatic carbocycles. The van der Waals surface area contributed by atoms with E-state index in [1.54, 1.807) is 19.1 Å². The molecule has 0 fully saturated rings. The van der Waals surface area contributed by atoms with Crippen LogP contribution < -0.4 is 15.4 Å². The minimum absolute atomic E-state index is 0.0146. The maximum Gasteiger partial charge on any atom is 0.271 e. The van der Waals surface area contributed by atoms with Gasteiger partial charge in [0.1, 0.15) is 0 Å². The summed E-state index contributed by atoms with van der Waals surface area (Å²) < 4.78 is 40.7. The van der Waals surface area contributed by atoms with Gasteiger partial charge in [0, 0.05) is 11.6 Å². The average Bonchev–Trinajstić information content (AvgIpc) is 3.08. The van der Waals surface area contributed by atoms with E-state index in [-0.39, 0.29) is 47.9 Å². The summed E-state index contributed by atoms with van der Waals surface area (Å²) in [4.78, 5) is 16.7. The van der Waals surface area contributed by atoms with Gasteiger partial charge >= 0.3 is 0 Å². The maximum atomic E-state index is 14.5. The SMILES string of the molecule is COc1c2cc(c(F)c1F)COCC(C)NC(=O)c1cnc3ccc(nn13)N2. The molecule has 1 aliphatic heterocycles. The number of hydrogen-bond acceptors (Lipinski definition) is 6. The lowest BCUT2D eigenvalue weighted by molar-refractivity contribution is 0.0807. The molecule has 1 amide bonds. The van der Waals surface area contributed by atoms with Gasteiger partial charge in [-0.2, -0.15) is 4.39 Å². The van der Waals surface area contributed by atoms with Crippen molar-refractivity contribution in [3.8, 4) is 5.75 Å². The normalized spacial score (nSPS) is 17.1. The highest BCUT2D eigenvalue weighted by atomic mass is 19.2. The van der Waals surface area contributed by atoms with Gasteiger partial charge in [-0.3, -0.25) is 4.79 Å². The number of rotatable bonds is 1. The lowest BCUT2D eigenvalue weighted by atomic mass is 10.1. The van der Waals surface area contributed by atoms with Gasteiger partial charge in [0.15, 0.2) is 28.7 Å². The van der Waals surface area contributed by atoms with Crippen molar-refractivity contribution in [3.05, 3.63) is 47.3 Å². The van der Waals surface area contributed by atoms with Crippen LogP contribution in [0.2, 0.25) is 0 Å². The Morgan fingerprint density at radius 1 is 1.32 bits per heavy atom. The zero-order chi connectivity index (χ0) is 19.8. The quantitative estimate of drug-likeness (QED) is 0.664. The second kappa shape index (κ2) is 7.04. The first kappa shape index (κ1) is 18.1. The van der Waals surface area contributed by atoms with Crippen LogP contribution >= 0.6 is 0 Å². The molecule has 0 spiro atoms. The Morgan fingerprint density at radius 2 is 2.14 bits per heavy atom. The van der Waals surface area contributed by atoms with Crippen LogP contribution in [0.5, 0.6) is 5.75 Å². The van der Waals surface area contributed by atoms with E-state index in [4.69, 9.17) is 9.47 Å². The van der Waals surface area contributed by atoms with E-state index in [1.807, 2.05) is 0 Å². The monoisotopic (exact) mass is 389 g/mol. The zero-order valence-electron chi connectivity index (χ0n) is 15.1. The Labute approximate surface area is 158 Å². The first-order chi connectivity index (χ1) is 13.5. The highest BCUT2D eigenvalue weighted by Crippen LogP contribution is 2.34. The van der Waals surface area contributed by atoms with Gasteiger partial charge < -0.3 is 20.1 Å². The third-order valence-electron chi connectivity index (χ3n) is 4.30. The third-order valence-corrected chi connectivity index (χ3v) is 4.30. The molecule has 1 aromatic carbocycles. The smallest absolute Gasteiger partial charge is 0.271 e. The van der Waals surface area contributed by atoms with E-state index in [0.717, 1.165) is 0 Å². The fourth-order valence-electron chi connectivity index (χ4n) is 2.98. The molecule has 4 rings (SSSR count). The molecule has 146 valence electrons. The van der Waals surface area contributed by atoms with Crippen LogP contribution in [-0.2, 0) is 11.3 Å². The topological polar surface area (TPSA) is 89.8 Å². The van der Waals surface area contributed by atoms with E-state index in [1.165, 1.54) is 23.9 Å². The molecule has 0 radical (unpaired) electrons. The lowest BCUT2D eigenvalue weighted by Gasteiger charge is -2.18. The number of nitrogens with one attached hydrogen (secondary N) is 2. The van der Waals surface area contributed by atoms with Gasteiger partial charge in [-0.25, -0.2) is 13.9 Å². The summed E-state index contributed by atoms with van der Waals surface area (Å²) in [5.41, 5.74) is 0.897. The number of anilines is 2. The van der Waals surface area contributed by atoms with Gasteiger partial charge in [-0.05, 0) is 25.1 Å². The standard InChI is InChI=1S/C18H17F2N5O3/c1-9-7-28-8-10-5-11(17(27-2)16(20)15(10)19)23-13-3-4-14-21-6-12(18(26)22-9)25(14)24-13/h3-6,9H,7-8H2,1-2H3,(H,22,26)(H,23,24). The number of aromatic nitrogens is 3. The van der Waals surface area contributed by atoms with Crippen LogP contribution in [-0.4, -0.2) is 40.3 Å². The molecule has 1 unspecified atom stereocenters. The Hall–Kier alpha value is -3.27. The second-order valence-corrected chi connectivity index (χ2v) is 6.39. The second-order valence-electron chi connectivity index (χ2n) is 6.39. The minimum atomic E-state index is -1.12. The Kier molecular flexibility index (Phi) is 4.55. The molecule has 3 heterocycles. The van der Waals surface area contributed by atoms with E-state index < -0.39 is 11.6 Å². The Morgan fingerprint density at radius 3 is 2.93 bits per heavy atom. The van der Waals surface area contributed by atoms with Crippen molar-refractivity contribution in [2.24, 2.45) is 0 Å². The molecule has 4 bridgehead atoms. The van der Waals surface area contributed by atoms with Crippen molar-refractivity contribution < 1.29 is 23.0 Å². The zero-order valence-corrected chi connectivity index (χ0v) is 15.1. The number of imidazole rings is 1. The number of carbonyl (C=O) groups excluding carboxylic acids is 1. The summed E-state index contributed by atoms with van der Waals surface area (Å²) in [6.45, 7) is 1.67. The Balaban J connectivity index is 1.87. The number of halogens is 2. The molecule has 1 atom stereocenters. The predicted molar refractivity (Wildman–Crippen MR) is 95.8 cm³/mol. The van der Waals surface area contributed by atoms with Crippen molar-refractivity contribution in [2.45, 2.75) is 19.6 Å². The molecular weight excluding hydrogens is 372 g/mol. The molecule has 0 saturated carbocycles. The first-order valence-electron chi connectivity index (χ1n) is 8.53. The molecule has 3 aromatic rings. The highest BCUT2D eigenvalue weighted by Gasteiger charge is 2.22. The third kappa shape index (κ3) is 3.11. The Bertz CT molecular complexity index is 1070. The predicted octanol–water partition coefficient (Wildman–Crippen LogP) is 2.41. The van der Waals surface area contributed by atoms with Crippen molar-refractivity contribution in [2.75, 3.05) is 19.0 Å². The lowest BCUT2D eigenvalue weighted by Crippen LogP contribution is -2.36. The average molecular weight is 389 g/mol. The van der Waals surface area contributed by atoms with E-state index in [9.17, 15) is 13.6 Å². The van der Waals surface area contributed by atoms with Crippen LogP contribution in [0.1, 0.15) is 23.0 Å². The molecule has 2 aromatic heterocycles. The minimum Gasteiger partial charge on any atom is -0.491 e. The van der Waals surface area contributed by atoms with Crippen molar-refractivity contribution in [3.63, 3.8) is 0 Å². The molecule has 28 heavy (non-hydrogen) atoms. The molecule has 0 saturated heterocycles. The summed E-state index contributed by atoms with van der Waals surface area (Å²) in [7, 11) is 1.24. The van der Waals surface area contributed by atoms with Gasteiger partial charge in [-0.15, -0.1) is 5.10 Å². The van der Waals surface area contributed by atoms with E-state index >= 15 is 0 Å². The van der Waals surface area contributed by atoms with Crippen molar-refractivity contribution >= 4 is 23.1 Å². The van der Waals surface area contributed by atoms with E-state index in [0.29, 0.717) is 11.5 Å². The van der Waals surface area contributed by atoms with Gasteiger partial charge in [-0.1, -0.05) is 0 Å². The summed E-state index contributed by atoms with van der Waals surface area (Å²) in [5.74, 6) is -2.54. The largest absolute Gasteiger partial charge is 0.491 e. The van der Waals surface area contributed by atoms with Gasteiger partial charge in [0.05, 0.1) is 32.2 Å². The number of hydrogen-bond donors (Lipinski definition) is 2. The maximum absolute atomic E-state index is 14.5. The highest BCUT2D eigenvalue weighted by molar-refractivity contribution is 5.93. The fourth-order valence-corrected chi connectivity index (χ4v) is 2.98. The van der Waals surface area contributed by atoms with Gasteiger partial charge in [0.25, 0.3) is 5.91 Å². The van der Waals surface area contributed by atoms with Crippen molar-refractivity contribution in [1.29, 1.82) is 0 Å². The number of benzene rings is 1. The van der Waals surface area contributed by atoms with Crippen LogP contribution in [0.15, 0.2) is 24.4 Å². The number of methoxy groups -OCH3 is 1. The summed E-state index contributed by atoms with van der Waals surface area (Å²) >= 11 is 0. The molecular formula is C18H17F2N5O3. The number of fused-ring (bicyclic) bond motifs is 3. The first-order valence-corrected chi connectivity index (χ1v) is 8.53. The number of amides is 1. The van der Waals surface area contributed by atoms with Gasteiger partial charge in [0.2, 0.25) is 5.82 Å². The summed E-state index contributed by atoms with van der Waals surface area (Å²) in [5, 5.41) is 10.0. The number of carbonyl (C=O) groups is 1. The number of ether oxygens (including phenoxy) is 2. The molecule has 8 nitrogen and oxygen atoms in total. The van der Waals surface area contributed by atoms with E-state index in [2.05, 4.69) is 20.7 Å². The summed E-state index contributed by atoms with van der Waals surface area (Å²) in [6.07, 6.45) is 1.41. The van der Waals surface area contributed by atoms with Crippen LogP contribution in [0, 0.1) is 11.6 Å². The molecule has 1 aliphatic rings. The number of nitrogens with zero attached hydrogens (tertiary/aromatic N) is 3. The molecule has 10 heteroatoms. The molecule has 2 N–H and O–H groups in total. The van der Waals surface area contributed by atoms with Crippen LogP contribution in [0.3, 0.4) is 0 Å². The van der Waals surface area contributed by atoms with Crippen LogP contribution in [0.25, 0.3) is 5.65 Å².